The summed E-state index contributed by atoms with van der Waals surface area (Å²) in [6, 6.07) is 0.140. The fourth-order valence-electron chi connectivity index (χ4n) is 1.64. The van der Waals surface area contributed by atoms with Crippen molar-refractivity contribution in [2.45, 2.75) is 25.3 Å². The molecule has 1 aliphatic heterocycles. The van der Waals surface area contributed by atoms with Crippen molar-refractivity contribution in [3.63, 3.8) is 0 Å². The Kier molecular flexibility index (Phi) is 1.69. The SMILES string of the molecule is NC1CCCC2=C1C=CS2=O. The molecule has 0 saturated heterocycles. The second-order valence-corrected chi connectivity index (χ2v) is 4.34. The molecule has 2 rings (SSSR count). The minimum Gasteiger partial charge on any atom is -0.324 e. The molecular formula is C8H11NOS. The molecule has 2 atom stereocenters. The highest BCUT2D eigenvalue weighted by molar-refractivity contribution is 7.92. The summed E-state index contributed by atoms with van der Waals surface area (Å²) in [5.41, 5.74) is 6.97. The zero-order chi connectivity index (χ0) is 7.84. The average molecular weight is 169 g/mol. The minimum absolute atomic E-state index is 0.140. The van der Waals surface area contributed by atoms with Crippen molar-refractivity contribution in [1.82, 2.24) is 0 Å². The Morgan fingerprint density at radius 3 is 3.18 bits per heavy atom. The molecule has 0 fully saturated rings. The van der Waals surface area contributed by atoms with Crippen molar-refractivity contribution < 1.29 is 4.21 Å². The molecule has 60 valence electrons. The lowest BCUT2D eigenvalue weighted by Gasteiger charge is -2.19. The van der Waals surface area contributed by atoms with Crippen LogP contribution in [0.3, 0.4) is 0 Å². The van der Waals surface area contributed by atoms with Crippen molar-refractivity contribution in [3.05, 3.63) is 22.0 Å². The van der Waals surface area contributed by atoms with Crippen molar-refractivity contribution >= 4 is 10.8 Å². The summed E-state index contributed by atoms with van der Waals surface area (Å²) >= 11 is 0. The molecule has 0 amide bonds. The monoisotopic (exact) mass is 169 g/mol. The predicted molar refractivity (Wildman–Crippen MR) is 46.1 cm³/mol. The molecule has 0 aromatic carbocycles. The van der Waals surface area contributed by atoms with Crippen LogP contribution in [0.15, 0.2) is 22.0 Å². The summed E-state index contributed by atoms with van der Waals surface area (Å²) in [5.74, 6) is 0. The molecule has 0 spiro atoms. The van der Waals surface area contributed by atoms with Crippen LogP contribution in [0.5, 0.6) is 0 Å². The van der Waals surface area contributed by atoms with Gasteiger partial charge in [0.2, 0.25) is 0 Å². The quantitative estimate of drug-likeness (QED) is 0.588. The van der Waals surface area contributed by atoms with Crippen molar-refractivity contribution in [1.29, 1.82) is 0 Å². The number of hydrogen-bond acceptors (Lipinski definition) is 2. The zero-order valence-electron chi connectivity index (χ0n) is 6.25. The Hall–Kier alpha value is -0.410. The molecule has 1 heterocycles. The second-order valence-electron chi connectivity index (χ2n) is 2.98. The van der Waals surface area contributed by atoms with E-state index in [0.717, 1.165) is 29.7 Å². The Morgan fingerprint density at radius 2 is 2.45 bits per heavy atom. The highest BCUT2D eigenvalue weighted by Crippen LogP contribution is 2.31. The lowest BCUT2D eigenvalue weighted by molar-refractivity contribution is 0.617. The smallest absolute Gasteiger partial charge is 0.0738 e. The lowest BCUT2D eigenvalue weighted by atomic mass is 9.95. The molecule has 0 saturated carbocycles. The van der Waals surface area contributed by atoms with E-state index in [9.17, 15) is 4.21 Å². The third-order valence-corrected chi connectivity index (χ3v) is 3.56. The van der Waals surface area contributed by atoms with Gasteiger partial charge in [0.15, 0.2) is 0 Å². The molecular weight excluding hydrogens is 158 g/mol. The maximum Gasteiger partial charge on any atom is 0.0738 e. The molecule has 2 nitrogen and oxygen atoms in total. The van der Waals surface area contributed by atoms with E-state index in [4.69, 9.17) is 5.73 Å². The minimum atomic E-state index is -0.841. The van der Waals surface area contributed by atoms with Gasteiger partial charge in [-0.1, -0.05) is 0 Å². The van der Waals surface area contributed by atoms with Crippen LogP contribution >= 0.6 is 0 Å². The maximum atomic E-state index is 11.3. The Morgan fingerprint density at radius 1 is 1.64 bits per heavy atom. The fourth-order valence-corrected chi connectivity index (χ4v) is 2.87. The maximum absolute atomic E-state index is 11.3. The second kappa shape index (κ2) is 2.57. The van der Waals surface area contributed by atoms with E-state index in [1.165, 1.54) is 0 Å². The van der Waals surface area contributed by atoms with Crippen LogP contribution in [0, 0.1) is 0 Å². The van der Waals surface area contributed by atoms with Gasteiger partial charge in [0.25, 0.3) is 0 Å². The van der Waals surface area contributed by atoms with E-state index in [1.54, 1.807) is 5.41 Å². The molecule has 0 bridgehead atoms. The molecule has 2 N–H and O–H groups in total. The first kappa shape index (κ1) is 7.25. The van der Waals surface area contributed by atoms with Gasteiger partial charge in [-0.3, -0.25) is 4.21 Å². The van der Waals surface area contributed by atoms with Crippen molar-refractivity contribution in [2.75, 3.05) is 0 Å². The highest BCUT2D eigenvalue weighted by Gasteiger charge is 2.24. The Balaban J connectivity index is 2.39. The van der Waals surface area contributed by atoms with Gasteiger partial charge < -0.3 is 5.73 Å². The van der Waals surface area contributed by atoms with Crippen LogP contribution in [0.1, 0.15) is 19.3 Å². The summed E-state index contributed by atoms with van der Waals surface area (Å²) in [5, 5.41) is 1.75. The van der Waals surface area contributed by atoms with Crippen molar-refractivity contribution in [2.24, 2.45) is 5.73 Å². The molecule has 3 heteroatoms. The van der Waals surface area contributed by atoms with Gasteiger partial charge in [-0.05, 0) is 30.9 Å². The first-order valence-corrected chi connectivity index (χ1v) is 5.08. The molecule has 0 aromatic rings. The molecule has 0 aromatic heterocycles. The molecule has 2 unspecified atom stereocenters. The number of hydrogen-bond donors (Lipinski definition) is 1. The molecule has 11 heavy (non-hydrogen) atoms. The predicted octanol–water partition coefficient (Wildman–Crippen LogP) is 1.03. The molecule has 2 aliphatic rings. The Bertz CT molecular complexity index is 267. The van der Waals surface area contributed by atoms with Crippen LogP contribution < -0.4 is 5.73 Å². The fraction of sp³-hybridized carbons (Fsp3) is 0.500. The van der Waals surface area contributed by atoms with Crippen LogP contribution in [-0.2, 0) is 10.8 Å². The molecule has 0 radical (unpaired) electrons. The van der Waals surface area contributed by atoms with E-state index in [0.29, 0.717) is 0 Å². The summed E-state index contributed by atoms with van der Waals surface area (Å²) in [6.07, 6.45) is 5.03. The number of allylic oxidation sites excluding steroid dienone is 1. The molecule has 1 aliphatic carbocycles. The van der Waals surface area contributed by atoms with Gasteiger partial charge in [0, 0.05) is 16.4 Å². The van der Waals surface area contributed by atoms with E-state index < -0.39 is 10.8 Å². The third-order valence-electron chi connectivity index (χ3n) is 2.25. The van der Waals surface area contributed by atoms with Gasteiger partial charge >= 0.3 is 0 Å². The van der Waals surface area contributed by atoms with Gasteiger partial charge in [-0.2, -0.15) is 0 Å². The topological polar surface area (TPSA) is 43.1 Å². The largest absolute Gasteiger partial charge is 0.324 e. The Labute approximate surface area is 68.6 Å². The summed E-state index contributed by atoms with van der Waals surface area (Å²) in [7, 11) is -0.841. The summed E-state index contributed by atoms with van der Waals surface area (Å²) in [4.78, 5) is 1.07. The van der Waals surface area contributed by atoms with Crippen molar-refractivity contribution in [3.8, 4) is 0 Å². The van der Waals surface area contributed by atoms with E-state index in [1.807, 2.05) is 6.08 Å². The van der Waals surface area contributed by atoms with Crippen LogP contribution in [0.4, 0.5) is 0 Å². The zero-order valence-corrected chi connectivity index (χ0v) is 7.06. The van der Waals surface area contributed by atoms with Gasteiger partial charge in [0.1, 0.15) is 0 Å². The summed E-state index contributed by atoms with van der Waals surface area (Å²) < 4.78 is 11.3. The van der Waals surface area contributed by atoms with E-state index in [2.05, 4.69) is 0 Å². The first-order valence-electron chi connectivity index (χ1n) is 3.86. The van der Waals surface area contributed by atoms with E-state index >= 15 is 0 Å². The van der Waals surface area contributed by atoms with E-state index in [-0.39, 0.29) is 6.04 Å². The third kappa shape index (κ3) is 1.08. The van der Waals surface area contributed by atoms with Gasteiger partial charge in [-0.15, -0.1) is 0 Å². The average Bonchev–Trinajstić information content (AvgIpc) is 2.35. The number of rotatable bonds is 0. The van der Waals surface area contributed by atoms with Crippen LogP contribution in [0.25, 0.3) is 0 Å². The summed E-state index contributed by atoms with van der Waals surface area (Å²) in [6.45, 7) is 0. The first-order chi connectivity index (χ1) is 5.29. The van der Waals surface area contributed by atoms with Crippen LogP contribution in [-0.4, -0.2) is 10.3 Å². The normalized spacial score (nSPS) is 36.1. The highest BCUT2D eigenvalue weighted by atomic mass is 32.2. The number of nitrogens with two attached hydrogens (primary N) is 1. The van der Waals surface area contributed by atoms with Crippen LogP contribution in [0.2, 0.25) is 0 Å². The lowest BCUT2D eigenvalue weighted by Crippen LogP contribution is -2.25. The standard InChI is InChI=1S/C8H11NOS/c9-7-2-1-3-8-6(7)4-5-11(8)10/h4-5,7H,1-3,9H2. The van der Waals surface area contributed by atoms with Gasteiger partial charge in [-0.25, -0.2) is 0 Å². The van der Waals surface area contributed by atoms with Gasteiger partial charge in [0.05, 0.1) is 10.8 Å².